The Morgan fingerprint density at radius 1 is 0.547 bits per heavy atom. The third kappa shape index (κ3) is 10.1. The molecule has 0 atom stereocenters. The molecule has 10 N–H and O–H groups in total. The van der Waals surface area contributed by atoms with Crippen molar-refractivity contribution in [3.05, 3.63) is 139 Å². The molecule has 4 aromatic heterocycles. The number of nitrogens with two attached hydrogens (primary N) is 2. The first-order valence-corrected chi connectivity index (χ1v) is 19.1. The lowest BCUT2D eigenvalue weighted by molar-refractivity contribution is -0.0498. The normalized spacial score (nSPS) is 10.7. The number of rotatable bonds is 12. The topological polar surface area (TPSA) is 253 Å². The van der Waals surface area contributed by atoms with Crippen LogP contribution in [0.4, 0.5) is 41.1 Å². The number of aromatic amines is 2. The van der Waals surface area contributed by atoms with Gasteiger partial charge in [0.15, 0.2) is 0 Å². The number of methoxy groups -OCH3 is 2. The standard InChI is InChI=1S/C23H21N5O4.C22H17F2N5O3/c1-31-16-10-15(11-17(12-16)32-2)27-23(30)26-14-7-5-13(6-8-14)19-18-4-3-9-25-22(18)28-20(19)21(24)29;23-21(24)32-15-9-7-14(8-10-15)28-22(31)27-13-5-3-12(4-6-13)17-16-2-1-11-26-20(16)29-18(17)19(25)30/h3-12H,1-2H3,(H2,24,29)(H,25,28)(H2,26,27,30);1-11,21H,(H2,25,30)(H,26,29)(H2,27,28,31). The molecule has 0 fully saturated rings. The molecular formula is C45H38F2N10O7. The lowest BCUT2D eigenvalue weighted by Gasteiger charge is -2.11. The Hall–Kier alpha value is -9.00. The van der Waals surface area contributed by atoms with E-state index in [1.165, 1.54) is 38.5 Å². The summed E-state index contributed by atoms with van der Waals surface area (Å²) in [6, 6.07) is 30.8. The summed E-state index contributed by atoms with van der Waals surface area (Å²) in [5.41, 5.74) is 17.5. The second kappa shape index (κ2) is 19.1. The third-order valence-corrected chi connectivity index (χ3v) is 9.44. The van der Waals surface area contributed by atoms with E-state index in [4.69, 9.17) is 20.9 Å². The average Bonchev–Trinajstić information content (AvgIpc) is 3.88. The number of alkyl halides is 2. The molecule has 8 rings (SSSR count). The van der Waals surface area contributed by atoms with Crippen LogP contribution in [0.25, 0.3) is 44.3 Å². The number of benzene rings is 4. The first kappa shape index (κ1) is 43.1. The van der Waals surface area contributed by atoms with E-state index in [2.05, 4.69) is 45.9 Å². The highest BCUT2D eigenvalue weighted by atomic mass is 19.3. The number of urea groups is 2. The fourth-order valence-electron chi connectivity index (χ4n) is 6.64. The maximum atomic E-state index is 12.4. The van der Waals surface area contributed by atoms with Crippen molar-refractivity contribution in [2.75, 3.05) is 35.5 Å². The number of anilines is 4. The lowest BCUT2D eigenvalue weighted by Crippen LogP contribution is -2.19. The predicted octanol–water partition coefficient (Wildman–Crippen LogP) is 8.56. The van der Waals surface area contributed by atoms with Gasteiger partial charge in [-0.05, 0) is 83.9 Å². The van der Waals surface area contributed by atoms with Gasteiger partial charge in [0.05, 0.1) is 14.2 Å². The number of primary amides is 2. The van der Waals surface area contributed by atoms with E-state index in [1.807, 2.05) is 12.1 Å². The molecular weight excluding hydrogens is 831 g/mol. The van der Waals surface area contributed by atoms with Crippen LogP contribution in [0.3, 0.4) is 0 Å². The number of H-pyrrole nitrogens is 2. The fraction of sp³-hybridized carbons (Fsp3) is 0.0667. The number of nitrogens with one attached hydrogen (secondary N) is 6. The molecule has 4 heterocycles. The van der Waals surface area contributed by atoms with E-state index in [0.717, 1.165) is 21.9 Å². The number of aromatic nitrogens is 4. The highest BCUT2D eigenvalue weighted by Gasteiger charge is 2.19. The number of nitrogens with zero attached hydrogens (tertiary/aromatic N) is 2. The minimum atomic E-state index is -2.92. The number of carbonyl (C=O) groups excluding carboxylic acids is 4. The SMILES string of the molecule is COc1cc(NC(=O)Nc2ccc(-c3c(C(N)=O)[nH]c4ncccc34)cc2)cc(OC)c1.NC(=O)c1[nH]c2ncccc2c1-c1ccc(NC(=O)Nc2ccc(OC(F)F)cc2)cc1. The summed E-state index contributed by atoms with van der Waals surface area (Å²) in [4.78, 5) is 62.8. The Morgan fingerprint density at radius 2 is 0.938 bits per heavy atom. The molecule has 0 aliphatic heterocycles. The van der Waals surface area contributed by atoms with Gasteiger partial charge in [-0.25, -0.2) is 19.6 Å². The van der Waals surface area contributed by atoms with Gasteiger partial charge in [0.25, 0.3) is 11.8 Å². The Balaban J connectivity index is 0.000000191. The van der Waals surface area contributed by atoms with E-state index in [1.54, 1.807) is 91.3 Å². The van der Waals surface area contributed by atoms with Crippen LogP contribution in [-0.2, 0) is 0 Å². The minimum Gasteiger partial charge on any atom is -0.497 e. The van der Waals surface area contributed by atoms with E-state index < -0.39 is 30.5 Å². The van der Waals surface area contributed by atoms with Gasteiger partial charge in [0.2, 0.25) is 0 Å². The van der Waals surface area contributed by atoms with E-state index in [0.29, 0.717) is 56.7 Å². The Morgan fingerprint density at radius 3 is 1.31 bits per heavy atom. The van der Waals surface area contributed by atoms with Crippen LogP contribution in [0.15, 0.2) is 128 Å². The van der Waals surface area contributed by atoms with Gasteiger partial charge in [-0.1, -0.05) is 24.3 Å². The van der Waals surface area contributed by atoms with Crippen molar-refractivity contribution in [2.45, 2.75) is 6.61 Å². The lowest BCUT2D eigenvalue weighted by atomic mass is 10.0. The molecule has 4 aromatic carbocycles. The van der Waals surface area contributed by atoms with Gasteiger partial charge in [-0.3, -0.25) is 9.59 Å². The zero-order chi connectivity index (χ0) is 45.3. The monoisotopic (exact) mass is 868 g/mol. The van der Waals surface area contributed by atoms with Crippen LogP contribution in [0.1, 0.15) is 21.0 Å². The van der Waals surface area contributed by atoms with E-state index in [9.17, 15) is 28.0 Å². The van der Waals surface area contributed by atoms with Crippen LogP contribution in [0.5, 0.6) is 17.2 Å². The molecule has 0 saturated heterocycles. The molecule has 17 nitrogen and oxygen atoms in total. The van der Waals surface area contributed by atoms with Crippen LogP contribution < -0.4 is 46.9 Å². The number of carbonyl (C=O) groups is 4. The number of hydrogen-bond acceptors (Lipinski definition) is 9. The van der Waals surface area contributed by atoms with Crippen LogP contribution in [0, 0.1) is 0 Å². The highest BCUT2D eigenvalue weighted by molar-refractivity contribution is 6.10. The number of halogens is 2. The van der Waals surface area contributed by atoms with Gasteiger partial charge in [-0.15, -0.1) is 0 Å². The van der Waals surface area contributed by atoms with Crippen molar-refractivity contribution in [3.63, 3.8) is 0 Å². The Kier molecular flexibility index (Phi) is 12.9. The first-order chi connectivity index (χ1) is 30.9. The van der Waals surface area contributed by atoms with Gasteiger partial charge in [0, 0.05) is 75.2 Å². The summed E-state index contributed by atoms with van der Waals surface area (Å²) in [6.07, 6.45) is 3.25. The molecule has 0 saturated carbocycles. The molecule has 6 amide bonds. The highest BCUT2D eigenvalue weighted by Crippen LogP contribution is 2.34. The number of ether oxygens (including phenoxy) is 3. The van der Waals surface area contributed by atoms with Crippen molar-refractivity contribution >= 4 is 68.7 Å². The number of hydrogen-bond donors (Lipinski definition) is 8. The largest absolute Gasteiger partial charge is 0.497 e. The Labute approximate surface area is 362 Å². The zero-order valence-electron chi connectivity index (χ0n) is 33.9. The second-order valence-electron chi connectivity index (χ2n) is 13.6. The van der Waals surface area contributed by atoms with Gasteiger partial charge < -0.3 is 56.9 Å². The molecule has 8 aromatic rings. The van der Waals surface area contributed by atoms with E-state index in [-0.39, 0.29) is 17.1 Å². The zero-order valence-corrected chi connectivity index (χ0v) is 33.9. The quantitative estimate of drug-likeness (QED) is 0.0584. The predicted molar refractivity (Wildman–Crippen MR) is 238 cm³/mol. The second-order valence-corrected chi connectivity index (χ2v) is 13.6. The maximum Gasteiger partial charge on any atom is 0.387 e. The molecule has 0 aliphatic carbocycles. The summed E-state index contributed by atoms with van der Waals surface area (Å²) >= 11 is 0. The van der Waals surface area contributed by atoms with Crippen LogP contribution >= 0.6 is 0 Å². The van der Waals surface area contributed by atoms with Crippen molar-refractivity contribution in [3.8, 4) is 39.5 Å². The summed E-state index contributed by atoms with van der Waals surface area (Å²) in [5, 5.41) is 12.3. The van der Waals surface area contributed by atoms with Crippen molar-refractivity contribution < 1.29 is 42.2 Å². The van der Waals surface area contributed by atoms with Gasteiger partial charge in [-0.2, -0.15) is 8.78 Å². The number of amides is 6. The Bertz CT molecular complexity index is 2950. The average molecular weight is 869 g/mol. The number of pyridine rings is 2. The van der Waals surface area contributed by atoms with Gasteiger partial charge >= 0.3 is 18.7 Å². The molecule has 0 spiro atoms. The fourth-order valence-corrected chi connectivity index (χ4v) is 6.64. The summed E-state index contributed by atoms with van der Waals surface area (Å²) in [7, 11) is 3.07. The van der Waals surface area contributed by atoms with Crippen LogP contribution in [0.2, 0.25) is 0 Å². The summed E-state index contributed by atoms with van der Waals surface area (Å²) in [5.74, 6) is -0.0767. The maximum absolute atomic E-state index is 12.4. The van der Waals surface area contributed by atoms with Crippen molar-refractivity contribution in [1.82, 2.24) is 19.9 Å². The number of fused-ring (bicyclic) bond motifs is 2. The van der Waals surface area contributed by atoms with Crippen molar-refractivity contribution in [2.24, 2.45) is 11.5 Å². The summed E-state index contributed by atoms with van der Waals surface area (Å²) < 4.78 is 39.1. The molecule has 0 unspecified atom stereocenters. The summed E-state index contributed by atoms with van der Waals surface area (Å²) in [6.45, 7) is -2.92. The molecule has 0 bridgehead atoms. The van der Waals surface area contributed by atoms with E-state index >= 15 is 0 Å². The minimum absolute atomic E-state index is 0.00985. The molecule has 324 valence electrons. The smallest absolute Gasteiger partial charge is 0.387 e. The van der Waals surface area contributed by atoms with Gasteiger partial charge in [0.1, 0.15) is 39.9 Å². The van der Waals surface area contributed by atoms with Crippen molar-refractivity contribution in [1.29, 1.82) is 0 Å². The molecule has 0 radical (unpaired) electrons. The van der Waals surface area contributed by atoms with Crippen LogP contribution in [-0.4, -0.2) is 64.6 Å². The molecule has 19 heteroatoms. The molecule has 64 heavy (non-hydrogen) atoms. The molecule has 0 aliphatic rings. The third-order valence-electron chi connectivity index (χ3n) is 9.44. The first-order valence-electron chi connectivity index (χ1n) is 19.1.